The second-order valence-electron chi connectivity index (χ2n) is 7.14. The van der Waals surface area contributed by atoms with Crippen LogP contribution in [0.3, 0.4) is 0 Å². The molecule has 0 radical (unpaired) electrons. The molecule has 1 aliphatic heterocycles. The SMILES string of the molecule is COCCOc1ccccc1C(=O)Nc1cccc(S(=O)(=O)N2CCCCCC2)c1. The summed E-state index contributed by atoms with van der Waals surface area (Å²) in [4.78, 5) is 13.0. The Hall–Kier alpha value is -2.42. The molecule has 1 amide bonds. The number of amides is 1. The van der Waals surface area contributed by atoms with Crippen molar-refractivity contribution in [3.8, 4) is 5.75 Å². The number of benzene rings is 2. The minimum Gasteiger partial charge on any atom is -0.490 e. The maximum absolute atomic E-state index is 13.0. The van der Waals surface area contributed by atoms with E-state index >= 15 is 0 Å². The molecule has 7 nitrogen and oxygen atoms in total. The van der Waals surface area contributed by atoms with Gasteiger partial charge in [0.25, 0.3) is 5.91 Å². The monoisotopic (exact) mass is 432 g/mol. The molecule has 0 aliphatic carbocycles. The molecule has 30 heavy (non-hydrogen) atoms. The lowest BCUT2D eigenvalue weighted by molar-refractivity contribution is 0.101. The minimum atomic E-state index is -3.59. The van der Waals surface area contributed by atoms with Gasteiger partial charge in [0.15, 0.2) is 0 Å². The number of nitrogens with one attached hydrogen (secondary N) is 1. The number of hydrogen-bond donors (Lipinski definition) is 1. The number of rotatable bonds is 8. The van der Waals surface area contributed by atoms with Gasteiger partial charge in [-0.15, -0.1) is 0 Å². The van der Waals surface area contributed by atoms with Gasteiger partial charge in [-0.2, -0.15) is 4.31 Å². The van der Waals surface area contributed by atoms with Crippen molar-refractivity contribution >= 4 is 21.6 Å². The van der Waals surface area contributed by atoms with Crippen LogP contribution >= 0.6 is 0 Å². The molecular formula is C22H28N2O5S. The number of methoxy groups -OCH3 is 1. The molecule has 0 atom stereocenters. The average molecular weight is 433 g/mol. The molecule has 0 bridgehead atoms. The summed E-state index contributed by atoms with van der Waals surface area (Å²) in [6.45, 7) is 1.80. The summed E-state index contributed by atoms with van der Waals surface area (Å²) in [5.41, 5.74) is 0.789. The Labute approximate surface area is 178 Å². The Morgan fingerprint density at radius 3 is 2.47 bits per heavy atom. The summed E-state index contributed by atoms with van der Waals surface area (Å²) < 4.78 is 38.2. The Morgan fingerprint density at radius 2 is 1.73 bits per heavy atom. The van der Waals surface area contributed by atoms with Crippen LogP contribution in [0.5, 0.6) is 5.75 Å². The van der Waals surface area contributed by atoms with Gasteiger partial charge >= 0.3 is 0 Å². The van der Waals surface area contributed by atoms with Crippen molar-refractivity contribution in [3.05, 3.63) is 54.1 Å². The van der Waals surface area contributed by atoms with E-state index in [2.05, 4.69) is 5.32 Å². The van der Waals surface area contributed by atoms with Crippen LogP contribution in [0, 0.1) is 0 Å². The normalized spacial score (nSPS) is 15.4. The third-order valence-corrected chi connectivity index (χ3v) is 6.87. The number of sulfonamides is 1. The number of carbonyl (C=O) groups is 1. The smallest absolute Gasteiger partial charge is 0.259 e. The van der Waals surface area contributed by atoms with Gasteiger partial charge < -0.3 is 14.8 Å². The van der Waals surface area contributed by atoms with Crippen LogP contribution < -0.4 is 10.1 Å². The first-order valence-electron chi connectivity index (χ1n) is 10.1. The fourth-order valence-corrected chi connectivity index (χ4v) is 4.94. The van der Waals surface area contributed by atoms with Crippen molar-refractivity contribution in [3.63, 3.8) is 0 Å². The van der Waals surface area contributed by atoms with Gasteiger partial charge in [0.2, 0.25) is 10.0 Å². The molecule has 1 aliphatic rings. The van der Waals surface area contributed by atoms with Crippen LogP contribution in [0.2, 0.25) is 0 Å². The zero-order valence-electron chi connectivity index (χ0n) is 17.2. The van der Waals surface area contributed by atoms with E-state index in [9.17, 15) is 13.2 Å². The van der Waals surface area contributed by atoms with Crippen LogP contribution in [-0.4, -0.2) is 52.0 Å². The highest BCUT2D eigenvalue weighted by Crippen LogP contribution is 2.24. The van der Waals surface area contributed by atoms with Crippen LogP contribution in [0.25, 0.3) is 0 Å². The summed E-state index contributed by atoms with van der Waals surface area (Å²) in [5, 5.41) is 2.78. The summed E-state index contributed by atoms with van der Waals surface area (Å²) >= 11 is 0. The molecule has 2 aromatic carbocycles. The van der Waals surface area contributed by atoms with Gasteiger partial charge in [0.05, 0.1) is 17.1 Å². The Kier molecular flexibility index (Phi) is 7.84. The number of ether oxygens (including phenoxy) is 2. The van der Waals surface area contributed by atoms with Crippen LogP contribution in [-0.2, 0) is 14.8 Å². The summed E-state index contributed by atoms with van der Waals surface area (Å²) in [6, 6.07) is 13.3. The van der Waals surface area contributed by atoms with Gasteiger partial charge in [-0.1, -0.05) is 31.0 Å². The topological polar surface area (TPSA) is 84.9 Å². The van der Waals surface area contributed by atoms with Crippen molar-refractivity contribution in [1.82, 2.24) is 4.31 Å². The number of para-hydroxylation sites is 1. The molecular weight excluding hydrogens is 404 g/mol. The van der Waals surface area contributed by atoms with E-state index in [1.165, 1.54) is 6.07 Å². The molecule has 1 N–H and O–H groups in total. The Balaban J connectivity index is 1.76. The molecule has 0 unspecified atom stereocenters. The van der Waals surface area contributed by atoms with Gasteiger partial charge in [-0.05, 0) is 43.2 Å². The first-order valence-corrected chi connectivity index (χ1v) is 11.6. The average Bonchev–Trinajstić information content (AvgIpc) is 3.05. The molecule has 0 spiro atoms. The summed E-state index contributed by atoms with van der Waals surface area (Å²) in [7, 11) is -2.01. The first kappa shape index (κ1) is 22.3. The van der Waals surface area contributed by atoms with E-state index in [1.54, 1.807) is 53.9 Å². The number of hydrogen-bond acceptors (Lipinski definition) is 5. The fraction of sp³-hybridized carbons (Fsp3) is 0.409. The highest BCUT2D eigenvalue weighted by molar-refractivity contribution is 7.89. The Morgan fingerprint density at radius 1 is 1.00 bits per heavy atom. The molecule has 162 valence electrons. The highest BCUT2D eigenvalue weighted by Gasteiger charge is 2.25. The van der Waals surface area contributed by atoms with Gasteiger partial charge in [0.1, 0.15) is 12.4 Å². The van der Waals surface area contributed by atoms with E-state index in [0.29, 0.717) is 43.3 Å². The van der Waals surface area contributed by atoms with Crippen molar-refractivity contribution < 1.29 is 22.7 Å². The lowest BCUT2D eigenvalue weighted by Crippen LogP contribution is -2.32. The molecule has 2 aromatic rings. The summed E-state index contributed by atoms with van der Waals surface area (Å²) in [5.74, 6) is 0.0766. The fourth-order valence-electron chi connectivity index (χ4n) is 3.38. The molecule has 1 heterocycles. The zero-order chi connectivity index (χ0) is 21.4. The second-order valence-corrected chi connectivity index (χ2v) is 9.08. The molecule has 3 rings (SSSR count). The number of carbonyl (C=O) groups excluding carboxylic acids is 1. The quantitative estimate of drug-likeness (QED) is 0.645. The maximum atomic E-state index is 13.0. The predicted molar refractivity (Wildman–Crippen MR) is 115 cm³/mol. The first-order chi connectivity index (χ1) is 14.5. The third-order valence-electron chi connectivity index (χ3n) is 4.97. The maximum Gasteiger partial charge on any atom is 0.259 e. The largest absolute Gasteiger partial charge is 0.490 e. The van der Waals surface area contributed by atoms with Gasteiger partial charge in [-0.3, -0.25) is 4.79 Å². The van der Waals surface area contributed by atoms with Crippen LogP contribution in [0.15, 0.2) is 53.4 Å². The number of anilines is 1. The predicted octanol–water partition coefficient (Wildman–Crippen LogP) is 3.53. The van der Waals surface area contributed by atoms with E-state index in [1.807, 2.05) is 0 Å². The third kappa shape index (κ3) is 5.59. The van der Waals surface area contributed by atoms with E-state index in [4.69, 9.17) is 9.47 Å². The standard InChI is InChI=1S/C22H28N2O5S/c1-28-15-16-29-21-12-5-4-11-20(21)22(25)23-18-9-8-10-19(17-18)30(26,27)24-13-6-2-3-7-14-24/h4-5,8-12,17H,2-3,6-7,13-16H2,1H3,(H,23,25). The lowest BCUT2D eigenvalue weighted by atomic mass is 10.2. The molecule has 0 aromatic heterocycles. The van der Waals surface area contributed by atoms with E-state index in [-0.39, 0.29) is 10.8 Å². The molecule has 8 heteroatoms. The second kappa shape index (κ2) is 10.6. The van der Waals surface area contributed by atoms with Crippen molar-refractivity contribution in [1.29, 1.82) is 0 Å². The number of nitrogens with zero attached hydrogens (tertiary/aromatic N) is 1. The van der Waals surface area contributed by atoms with Crippen molar-refractivity contribution in [2.75, 3.05) is 38.7 Å². The van der Waals surface area contributed by atoms with Crippen LogP contribution in [0.1, 0.15) is 36.0 Å². The molecule has 0 saturated carbocycles. The zero-order valence-corrected chi connectivity index (χ0v) is 18.0. The summed E-state index contributed by atoms with van der Waals surface area (Å²) in [6.07, 6.45) is 3.84. The van der Waals surface area contributed by atoms with E-state index in [0.717, 1.165) is 25.7 Å². The molecule has 1 saturated heterocycles. The van der Waals surface area contributed by atoms with Gasteiger partial charge in [-0.25, -0.2) is 8.42 Å². The van der Waals surface area contributed by atoms with Crippen molar-refractivity contribution in [2.24, 2.45) is 0 Å². The molecule has 1 fully saturated rings. The lowest BCUT2D eigenvalue weighted by Gasteiger charge is -2.20. The van der Waals surface area contributed by atoms with E-state index < -0.39 is 10.0 Å². The highest BCUT2D eigenvalue weighted by atomic mass is 32.2. The van der Waals surface area contributed by atoms with Crippen molar-refractivity contribution in [2.45, 2.75) is 30.6 Å². The Bertz CT molecular complexity index is 954. The minimum absolute atomic E-state index is 0.187. The van der Waals surface area contributed by atoms with Crippen LogP contribution in [0.4, 0.5) is 5.69 Å². The van der Waals surface area contributed by atoms with Gasteiger partial charge in [0, 0.05) is 25.9 Å².